The van der Waals surface area contributed by atoms with Gasteiger partial charge in [-0.15, -0.1) is 0 Å². The Kier molecular flexibility index (Phi) is 6.62. The first-order chi connectivity index (χ1) is 15.3. The predicted molar refractivity (Wildman–Crippen MR) is 116 cm³/mol. The van der Waals surface area contributed by atoms with E-state index in [9.17, 15) is 25.5 Å². The zero-order valence-electron chi connectivity index (χ0n) is 17.3. The van der Waals surface area contributed by atoms with Crippen molar-refractivity contribution in [1.82, 2.24) is 0 Å². The van der Waals surface area contributed by atoms with Crippen molar-refractivity contribution < 1.29 is 39.4 Å². The molecule has 8 nitrogen and oxygen atoms in total. The lowest BCUT2D eigenvalue weighted by Crippen LogP contribution is -2.55. The van der Waals surface area contributed by atoms with Gasteiger partial charge in [-0.2, -0.15) is 0 Å². The SMILES string of the molecule is CCOc1ccc(Cc2cc(C3OC(CO)C(O)C(O)C3O)c3c(O)coc3c2Cl)cc1. The molecule has 32 heavy (non-hydrogen) atoms. The fourth-order valence-electron chi connectivity index (χ4n) is 4.06. The average molecular weight is 465 g/mol. The summed E-state index contributed by atoms with van der Waals surface area (Å²) >= 11 is 6.58. The molecular weight excluding hydrogens is 440 g/mol. The Hall–Kier alpha value is -2.33. The van der Waals surface area contributed by atoms with Gasteiger partial charge in [0, 0.05) is 0 Å². The van der Waals surface area contributed by atoms with Crippen molar-refractivity contribution in [3.05, 3.63) is 58.3 Å². The molecule has 0 radical (unpaired) electrons. The van der Waals surface area contributed by atoms with E-state index in [1.54, 1.807) is 6.07 Å². The highest BCUT2D eigenvalue weighted by Crippen LogP contribution is 2.44. The lowest BCUT2D eigenvalue weighted by atomic mass is 9.88. The minimum absolute atomic E-state index is 0.207. The molecule has 172 valence electrons. The van der Waals surface area contributed by atoms with Gasteiger partial charge in [0.15, 0.2) is 11.3 Å². The van der Waals surface area contributed by atoms with E-state index in [4.69, 9.17) is 25.5 Å². The van der Waals surface area contributed by atoms with Crippen LogP contribution in [0.5, 0.6) is 11.5 Å². The van der Waals surface area contributed by atoms with Crippen molar-refractivity contribution >= 4 is 22.6 Å². The normalized spacial score (nSPS) is 25.9. The fraction of sp³-hybridized carbons (Fsp3) is 0.391. The molecule has 1 saturated heterocycles. The van der Waals surface area contributed by atoms with Crippen molar-refractivity contribution in [3.63, 3.8) is 0 Å². The summed E-state index contributed by atoms with van der Waals surface area (Å²) in [6.07, 6.45) is -5.25. The molecule has 2 heterocycles. The Bertz CT molecular complexity index is 1080. The van der Waals surface area contributed by atoms with Crippen molar-refractivity contribution in [2.24, 2.45) is 0 Å². The molecule has 0 saturated carbocycles. The van der Waals surface area contributed by atoms with Gasteiger partial charge in [-0.1, -0.05) is 29.8 Å². The molecule has 0 bridgehead atoms. The molecule has 4 rings (SSSR count). The smallest absolute Gasteiger partial charge is 0.162 e. The largest absolute Gasteiger partial charge is 0.504 e. The maximum Gasteiger partial charge on any atom is 0.162 e. The van der Waals surface area contributed by atoms with Crippen LogP contribution in [-0.2, 0) is 11.2 Å². The Morgan fingerprint density at radius 1 is 1.06 bits per heavy atom. The van der Waals surface area contributed by atoms with E-state index in [1.807, 2.05) is 31.2 Å². The van der Waals surface area contributed by atoms with Gasteiger partial charge in [0.05, 0.1) is 23.6 Å². The number of ether oxygens (including phenoxy) is 2. The third-order valence-corrected chi connectivity index (χ3v) is 6.11. The minimum Gasteiger partial charge on any atom is -0.504 e. The van der Waals surface area contributed by atoms with Crippen LogP contribution in [-0.4, -0.2) is 63.2 Å². The minimum atomic E-state index is -1.56. The molecule has 5 N–H and O–H groups in total. The number of halogens is 1. The van der Waals surface area contributed by atoms with Gasteiger partial charge in [0.1, 0.15) is 42.5 Å². The third-order valence-electron chi connectivity index (χ3n) is 5.70. The van der Waals surface area contributed by atoms with Crippen LogP contribution < -0.4 is 4.74 Å². The van der Waals surface area contributed by atoms with Crippen LogP contribution >= 0.6 is 11.6 Å². The molecule has 0 spiro atoms. The Morgan fingerprint density at radius 3 is 2.44 bits per heavy atom. The van der Waals surface area contributed by atoms with Crippen LogP contribution in [0.1, 0.15) is 29.7 Å². The second-order valence-electron chi connectivity index (χ2n) is 7.77. The van der Waals surface area contributed by atoms with Gasteiger partial charge in [-0.25, -0.2) is 0 Å². The van der Waals surface area contributed by atoms with Crippen LogP contribution in [0.15, 0.2) is 41.0 Å². The first-order valence-corrected chi connectivity index (χ1v) is 10.7. The Balaban J connectivity index is 1.77. The molecule has 5 atom stereocenters. The lowest BCUT2D eigenvalue weighted by Gasteiger charge is -2.40. The average Bonchev–Trinajstić information content (AvgIpc) is 3.18. The van der Waals surface area contributed by atoms with Gasteiger partial charge in [0.25, 0.3) is 0 Å². The zero-order chi connectivity index (χ0) is 23.0. The van der Waals surface area contributed by atoms with Crippen molar-refractivity contribution in [2.75, 3.05) is 13.2 Å². The maximum atomic E-state index is 10.6. The van der Waals surface area contributed by atoms with E-state index in [2.05, 4.69) is 0 Å². The lowest BCUT2D eigenvalue weighted by molar-refractivity contribution is -0.231. The van der Waals surface area contributed by atoms with Crippen LogP contribution in [0.25, 0.3) is 11.0 Å². The quantitative estimate of drug-likeness (QED) is 0.375. The number of benzene rings is 2. The molecule has 1 aliphatic heterocycles. The van der Waals surface area contributed by atoms with Crippen molar-refractivity contribution in [2.45, 2.75) is 43.9 Å². The van der Waals surface area contributed by atoms with Crippen LogP contribution in [0.4, 0.5) is 0 Å². The molecule has 0 amide bonds. The summed E-state index contributed by atoms with van der Waals surface area (Å²) in [5.41, 5.74) is 2.11. The second kappa shape index (κ2) is 9.27. The molecule has 2 aromatic carbocycles. The van der Waals surface area contributed by atoms with E-state index in [0.29, 0.717) is 29.2 Å². The number of fused-ring (bicyclic) bond motifs is 1. The van der Waals surface area contributed by atoms with Gasteiger partial charge in [-0.05, 0) is 42.2 Å². The molecule has 1 aromatic heterocycles. The number of aromatic hydroxyl groups is 1. The Morgan fingerprint density at radius 2 is 1.78 bits per heavy atom. The highest BCUT2D eigenvalue weighted by atomic mass is 35.5. The highest BCUT2D eigenvalue weighted by molar-refractivity contribution is 6.36. The highest BCUT2D eigenvalue weighted by Gasteiger charge is 2.45. The molecule has 5 unspecified atom stereocenters. The predicted octanol–water partition coefficient (Wildman–Crippen LogP) is 2.30. The van der Waals surface area contributed by atoms with E-state index in [1.165, 1.54) is 0 Å². The molecule has 1 aliphatic rings. The molecule has 3 aromatic rings. The number of rotatable bonds is 6. The number of hydrogen-bond donors (Lipinski definition) is 5. The Labute approximate surface area is 189 Å². The van der Waals surface area contributed by atoms with Crippen molar-refractivity contribution in [1.29, 1.82) is 0 Å². The summed E-state index contributed by atoms with van der Waals surface area (Å²) in [6.45, 7) is 1.91. The molecular formula is C23H25ClO8. The number of furan rings is 1. The fourth-order valence-corrected chi connectivity index (χ4v) is 4.32. The van der Waals surface area contributed by atoms with Crippen LogP contribution in [0.3, 0.4) is 0 Å². The summed E-state index contributed by atoms with van der Waals surface area (Å²) in [6, 6.07) is 9.17. The van der Waals surface area contributed by atoms with E-state index in [0.717, 1.165) is 17.6 Å². The standard InChI is InChI=1S/C23H25ClO8/c1-2-30-13-5-3-11(4-6-13)7-12-8-14(17-15(26)10-31-23(17)18(12)24)22-21(29)20(28)19(27)16(9-25)32-22/h3-6,8,10,16,19-22,25-29H,2,7,9H2,1H3. The summed E-state index contributed by atoms with van der Waals surface area (Å²) < 4.78 is 16.7. The van der Waals surface area contributed by atoms with Gasteiger partial charge in [-0.3, -0.25) is 0 Å². The number of hydrogen-bond acceptors (Lipinski definition) is 8. The van der Waals surface area contributed by atoms with E-state index in [-0.39, 0.29) is 16.7 Å². The first-order valence-electron chi connectivity index (χ1n) is 10.3. The summed E-state index contributed by atoms with van der Waals surface area (Å²) in [4.78, 5) is 0. The third kappa shape index (κ3) is 4.05. The summed E-state index contributed by atoms with van der Waals surface area (Å²) in [5, 5.41) is 51.4. The van der Waals surface area contributed by atoms with Gasteiger partial charge < -0.3 is 39.4 Å². The zero-order valence-corrected chi connectivity index (χ0v) is 18.1. The first kappa shape index (κ1) is 22.8. The van der Waals surface area contributed by atoms with E-state index < -0.39 is 37.1 Å². The van der Waals surface area contributed by atoms with Crippen molar-refractivity contribution in [3.8, 4) is 11.5 Å². The summed E-state index contributed by atoms with van der Waals surface area (Å²) in [5.74, 6) is 0.539. The van der Waals surface area contributed by atoms with Gasteiger partial charge >= 0.3 is 0 Å². The van der Waals surface area contributed by atoms with Crippen LogP contribution in [0.2, 0.25) is 5.02 Å². The van der Waals surface area contributed by atoms with Crippen LogP contribution in [0, 0.1) is 0 Å². The number of aliphatic hydroxyl groups excluding tert-OH is 4. The molecule has 1 fully saturated rings. The molecule has 9 heteroatoms. The summed E-state index contributed by atoms with van der Waals surface area (Å²) in [7, 11) is 0. The number of aliphatic hydroxyl groups is 4. The second-order valence-corrected chi connectivity index (χ2v) is 8.15. The maximum absolute atomic E-state index is 10.6. The van der Waals surface area contributed by atoms with Gasteiger partial charge in [0.2, 0.25) is 0 Å². The topological polar surface area (TPSA) is 133 Å². The molecule has 0 aliphatic carbocycles. The van der Waals surface area contributed by atoms with E-state index >= 15 is 0 Å². The monoisotopic (exact) mass is 464 g/mol.